The van der Waals surface area contributed by atoms with Crippen molar-refractivity contribution in [2.24, 2.45) is 0 Å². The van der Waals surface area contributed by atoms with Crippen LogP contribution >= 0.6 is 11.6 Å². The fourth-order valence-corrected chi connectivity index (χ4v) is 2.65. The Morgan fingerprint density at radius 3 is 2.71 bits per heavy atom. The molecule has 0 aliphatic heterocycles. The molecule has 24 heavy (non-hydrogen) atoms. The maximum absolute atomic E-state index is 12.5. The lowest BCUT2D eigenvalue weighted by Gasteiger charge is -2.07. The molecule has 4 heteroatoms. The van der Waals surface area contributed by atoms with Crippen LogP contribution in [0.5, 0.6) is 5.75 Å². The van der Waals surface area contributed by atoms with Crippen molar-refractivity contribution in [3.8, 4) is 5.75 Å². The number of hydrogen-bond acceptors (Lipinski definition) is 3. The van der Waals surface area contributed by atoms with Crippen molar-refractivity contribution in [1.82, 2.24) is 0 Å². The molecule has 0 bridgehead atoms. The first-order valence-electron chi connectivity index (χ1n) is 7.48. The van der Waals surface area contributed by atoms with Crippen LogP contribution in [-0.4, -0.2) is 12.9 Å². The Balaban J connectivity index is 1.80. The summed E-state index contributed by atoms with van der Waals surface area (Å²) in [5.74, 6) is 0.619. The van der Waals surface area contributed by atoms with Gasteiger partial charge in [-0.25, -0.2) is 0 Å². The number of nitrogens with one attached hydrogen (secondary N) is 1. The van der Waals surface area contributed by atoms with E-state index in [1.807, 2.05) is 42.5 Å². The highest BCUT2D eigenvalue weighted by molar-refractivity contribution is 6.33. The van der Waals surface area contributed by atoms with Crippen molar-refractivity contribution in [3.63, 3.8) is 0 Å². The highest BCUT2D eigenvalue weighted by atomic mass is 35.5. The summed E-state index contributed by atoms with van der Waals surface area (Å²) in [6, 6.07) is 18.8. The Labute approximate surface area is 145 Å². The number of anilines is 1. The first-order chi connectivity index (χ1) is 11.7. The highest BCUT2D eigenvalue weighted by Crippen LogP contribution is 2.26. The molecule has 0 saturated heterocycles. The molecular weight excluding hydrogens is 322 g/mol. The van der Waals surface area contributed by atoms with Crippen LogP contribution in [0, 0.1) is 0 Å². The van der Waals surface area contributed by atoms with Gasteiger partial charge in [0.15, 0.2) is 5.78 Å². The number of carbonyl (C=O) groups excluding carboxylic acids is 1. The molecule has 3 rings (SSSR count). The molecule has 0 unspecified atom stereocenters. The van der Waals surface area contributed by atoms with Gasteiger partial charge >= 0.3 is 0 Å². The Hall–Kier alpha value is -2.78. The molecule has 0 amide bonds. The second-order valence-electron chi connectivity index (χ2n) is 5.21. The molecule has 0 aromatic heterocycles. The fraction of sp³-hybridized carbons (Fsp3) is 0.0500. The zero-order valence-corrected chi connectivity index (χ0v) is 13.9. The third kappa shape index (κ3) is 3.42. The Morgan fingerprint density at radius 1 is 1.08 bits per heavy atom. The molecule has 1 N–H and O–H groups in total. The van der Waals surface area contributed by atoms with Crippen LogP contribution in [-0.2, 0) is 0 Å². The number of methoxy groups -OCH3 is 1. The molecule has 3 aromatic rings. The fourth-order valence-electron chi connectivity index (χ4n) is 2.48. The minimum Gasteiger partial charge on any atom is -0.497 e. The Morgan fingerprint density at radius 2 is 1.88 bits per heavy atom. The Bertz CT molecular complexity index is 913. The van der Waals surface area contributed by atoms with Crippen LogP contribution in [0.2, 0.25) is 5.02 Å². The molecule has 0 aliphatic rings. The molecule has 120 valence electrons. The summed E-state index contributed by atoms with van der Waals surface area (Å²) >= 11 is 6.13. The second-order valence-corrected chi connectivity index (χ2v) is 5.62. The second kappa shape index (κ2) is 7.20. The SMILES string of the molecule is COc1ccc(Cl)c(N/C=C/C(=O)c2cccc3ccccc23)c1. The van der Waals surface area contributed by atoms with E-state index in [4.69, 9.17) is 16.3 Å². The van der Waals surface area contributed by atoms with Gasteiger partial charge in [0.05, 0.1) is 17.8 Å². The van der Waals surface area contributed by atoms with Gasteiger partial charge in [-0.15, -0.1) is 0 Å². The van der Waals surface area contributed by atoms with E-state index in [9.17, 15) is 4.79 Å². The van der Waals surface area contributed by atoms with E-state index in [1.54, 1.807) is 31.5 Å². The maximum Gasteiger partial charge on any atom is 0.187 e. The van der Waals surface area contributed by atoms with Crippen molar-refractivity contribution in [3.05, 3.63) is 83.5 Å². The van der Waals surface area contributed by atoms with Gasteiger partial charge in [-0.2, -0.15) is 0 Å². The van der Waals surface area contributed by atoms with E-state index >= 15 is 0 Å². The molecule has 0 radical (unpaired) electrons. The first-order valence-corrected chi connectivity index (χ1v) is 7.85. The molecule has 0 atom stereocenters. The summed E-state index contributed by atoms with van der Waals surface area (Å²) < 4.78 is 5.17. The van der Waals surface area contributed by atoms with E-state index in [2.05, 4.69) is 5.32 Å². The van der Waals surface area contributed by atoms with Crippen molar-refractivity contribution in [2.45, 2.75) is 0 Å². The third-order valence-electron chi connectivity index (χ3n) is 3.70. The van der Waals surface area contributed by atoms with Crippen LogP contribution in [0.1, 0.15) is 10.4 Å². The van der Waals surface area contributed by atoms with E-state index in [0.29, 0.717) is 22.0 Å². The lowest BCUT2D eigenvalue weighted by Crippen LogP contribution is -1.98. The van der Waals surface area contributed by atoms with Crippen LogP contribution in [0.4, 0.5) is 5.69 Å². The smallest absolute Gasteiger partial charge is 0.187 e. The van der Waals surface area contributed by atoms with Gasteiger partial charge < -0.3 is 10.1 Å². The number of ketones is 1. The summed E-state index contributed by atoms with van der Waals surface area (Å²) in [6.07, 6.45) is 3.09. The third-order valence-corrected chi connectivity index (χ3v) is 4.03. The zero-order valence-electron chi connectivity index (χ0n) is 13.1. The van der Waals surface area contributed by atoms with Crippen LogP contribution in [0.25, 0.3) is 10.8 Å². The number of rotatable bonds is 5. The van der Waals surface area contributed by atoms with Gasteiger partial charge in [0.2, 0.25) is 0 Å². The normalized spacial score (nSPS) is 10.9. The monoisotopic (exact) mass is 337 g/mol. The lowest BCUT2D eigenvalue weighted by molar-refractivity contribution is 0.104. The van der Waals surface area contributed by atoms with E-state index < -0.39 is 0 Å². The topological polar surface area (TPSA) is 38.3 Å². The highest BCUT2D eigenvalue weighted by Gasteiger charge is 2.06. The number of benzene rings is 3. The largest absolute Gasteiger partial charge is 0.497 e. The van der Waals surface area contributed by atoms with Gasteiger partial charge in [0.25, 0.3) is 0 Å². The van der Waals surface area contributed by atoms with Crippen molar-refractivity contribution < 1.29 is 9.53 Å². The van der Waals surface area contributed by atoms with Gasteiger partial charge in [-0.05, 0) is 22.9 Å². The number of hydrogen-bond donors (Lipinski definition) is 1. The Kier molecular flexibility index (Phi) is 4.82. The average molecular weight is 338 g/mol. The summed E-state index contributed by atoms with van der Waals surface area (Å²) in [5.41, 5.74) is 1.35. The predicted molar refractivity (Wildman–Crippen MR) is 99.0 cm³/mol. The van der Waals surface area contributed by atoms with Crippen molar-refractivity contribution in [2.75, 3.05) is 12.4 Å². The van der Waals surface area contributed by atoms with Crippen molar-refractivity contribution in [1.29, 1.82) is 0 Å². The van der Waals surface area contributed by atoms with Crippen LogP contribution in [0.3, 0.4) is 0 Å². The summed E-state index contributed by atoms with van der Waals surface area (Å²) in [7, 11) is 1.59. The minimum atomic E-state index is -0.0710. The van der Waals surface area contributed by atoms with E-state index in [-0.39, 0.29) is 5.78 Å². The van der Waals surface area contributed by atoms with Gasteiger partial charge in [0, 0.05) is 23.9 Å². The minimum absolute atomic E-state index is 0.0710. The molecule has 0 spiro atoms. The summed E-state index contributed by atoms with van der Waals surface area (Å²) in [4.78, 5) is 12.5. The number of allylic oxidation sites excluding steroid dienone is 1. The van der Waals surface area contributed by atoms with Crippen molar-refractivity contribution >= 4 is 33.8 Å². The molecular formula is C20H16ClNO2. The zero-order chi connectivity index (χ0) is 16.9. The van der Waals surface area contributed by atoms with Gasteiger partial charge in [0.1, 0.15) is 5.75 Å². The number of carbonyl (C=O) groups is 1. The van der Waals surface area contributed by atoms with E-state index in [1.165, 1.54) is 6.08 Å². The maximum atomic E-state index is 12.5. The molecule has 0 heterocycles. The number of ether oxygens (including phenoxy) is 1. The summed E-state index contributed by atoms with van der Waals surface area (Å²) in [5, 5.41) is 5.56. The molecule has 3 aromatic carbocycles. The van der Waals surface area contributed by atoms with E-state index in [0.717, 1.165) is 10.8 Å². The predicted octanol–water partition coefficient (Wildman–Crippen LogP) is 5.31. The molecule has 0 fully saturated rings. The quantitative estimate of drug-likeness (QED) is 0.506. The molecule has 0 aliphatic carbocycles. The molecule has 0 saturated carbocycles. The summed E-state index contributed by atoms with van der Waals surface area (Å²) in [6.45, 7) is 0. The van der Waals surface area contributed by atoms with Gasteiger partial charge in [-0.1, -0.05) is 54.1 Å². The van der Waals surface area contributed by atoms with Crippen LogP contribution < -0.4 is 10.1 Å². The van der Waals surface area contributed by atoms with Gasteiger partial charge in [-0.3, -0.25) is 4.79 Å². The van der Waals surface area contributed by atoms with Crippen LogP contribution in [0.15, 0.2) is 72.9 Å². The standard InChI is InChI=1S/C20H16ClNO2/c1-24-15-9-10-18(21)19(13-15)22-12-11-20(23)17-8-4-6-14-5-2-3-7-16(14)17/h2-13,22H,1H3/b12-11+. The first kappa shape index (κ1) is 16.1. The number of fused-ring (bicyclic) bond motifs is 1. The molecule has 3 nitrogen and oxygen atoms in total. The lowest BCUT2D eigenvalue weighted by atomic mass is 10.0. The number of halogens is 1. The average Bonchev–Trinajstić information content (AvgIpc) is 2.62.